The zero-order valence-corrected chi connectivity index (χ0v) is 9.81. The first kappa shape index (κ1) is 10.6. The molecule has 0 aromatic carbocycles. The first-order valence-corrected chi connectivity index (χ1v) is 6.54. The summed E-state index contributed by atoms with van der Waals surface area (Å²) in [5.41, 5.74) is 0. The zero-order chi connectivity index (χ0) is 10.8. The van der Waals surface area contributed by atoms with Crippen LogP contribution in [0.25, 0.3) is 0 Å². The van der Waals surface area contributed by atoms with Crippen LogP contribution in [0, 0.1) is 0 Å². The quantitative estimate of drug-likeness (QED) is 0.754. The zero-order valence-electron chi connectivity index (χ0n) is 8.17. The summed E-state index contributed by atoms with van der Waals surface area (Å²) in [5.74, 6) is 0.581. The number of amides is 2. The van der Waals surface area contributed by atoms with Crippen molar-refractivity contribution in [3.05, 3.63) is 11.6 Å². The molecule has 1 aliphatic heterocycles. The van der Waals surface area contributed by atoms with Gasteiger partial charge in [0.25, 0.3) is 0 Å². The van der Waals surface area contributed by atoms with E-state index in [0.29, 0.717) is 11.6 Å². The van der Waals surface area contributed by atoms with Crippen LogP contribution in [0.3, 0.4) is 0 Å². The van der Waals surface area contributed by atoms with Crippen LogP contribution in [0.1, 0.15) is 13.3 Å². The second-order valence-corrected chi connectivity index (χ2v) is 5.38. The van der Waals surface area contributed by atoms with Crippen molar-refractivity contribution >= 4 is 40.0 Å². The number of nitrogens with zero attached hydrogens (tertiary/aromatic N) is 2. The Hall–Kier alpha value is -0.880. The summed E-state index contributed by atoms with van der Waals surface area (Å²) >= 11 is 2.83. The minimum Gasteiger partial charge on any atom is -0.274 e. The Labute approximate surface area is 95.7 Å². The summed E-state index contributed by atoms with van der Waals surface area (Å²) in [5, 5.41) is 2.03. The van der Waals surface area contributed by atoms with E-state index in [2.05, 4.69) is 4.98 Å². The molecule has 1 atom stereocenters. The molecule has 0 saturated carbocycles. The molecule has 0 radical (unpaired) electrons. The van der Waals surface area contributed by atoms with Gasteiger partial charge in [-0.1, -0.05) is 6.92 Å². The highest BCUT2D eigenvalue weighted by molar-refractivity contribution is 8.00. The molecule has 0 bridgehead atoms. The van der Waals surface area contributed by atoms with Crippen LogP contribution >= 0.6 is 23.1 Å². The highest BCUT2D eigenvalue weighted by Crippen LogP contribution is 2.30. The minimum absolute atomic E-state index is 0.123. The van der Waals surface area contributed by atoms with Crippen LogP contribution in [0.4, 0.5) is 5.13 Å². The molecule has 1 unspecified atom stereocenters. The third kappa shape index (κ3) is 1.91. The lowest BCUT2D eigenvalue weighted by Gasteiger charge is -2.10. The van der Waals surface area contributed by atoms with Crippen LogP contribution in [-0.4, -0.2) is 27.8 Å². The van der Waals surface area contributed by atoms with E-state index >= 15 is 0 Å². The summed E-state index contributed by atoms with van der Waals surface area (Å²) in [6, 6.07) is 0. The fourth-order valence-electron chi connectivity index (χ4n) is 1.46. The van der Waals surface area contributed by atoms with E-state index < -0.39 is 0 Å². The number of carbonyl (C=O) groups is 2. The Balaban J connectivity index is 2.20. The maximum Gasteiger partial charge on any atom is 0.249 e. The molecule has 1 saturated heterocycles. The van der Waals surface area contributed by atoms with Gasteiger partial charge in [0.05, 0.1) is 5.25 Å². The van der Waals surface area contributed by atoms with Gasteiger partial charge < -0.3 is 0 Å². The van der Waals surface area contributed by atoms with Crippen LogP contribution in [0.5, 0.6) is 0 Å². The lowest BCUT2D eigenvalue weighted by molar-refractivity contribution is -0.121. The Morgan fingerprint density at radius 1 is 1.67 bits per heavy atom. The van der Waals surface area contributed by atoms with Gasteiger partial charge >= 0.3 is 0 Å². The summed E-state index contributed by atoms with van der Waals surface area (Å²) in [6.45, 7) is 1.98. The Morgan fingerprint density at radius 3 is 3.07 bits per heavy atom. The number of rotatable bonds is 3. The van der Waals surface area contributed by atoms with E-state index in [0.717, 1.165) is 5.75 Å². The molecule has 2 heterocycles. The Morgan fingerprint density at radius 2 is 2.47 bits per heavy atom. The van der Waals surface area contributed by atoms with Crippen molar-refractivity contribution in [3.8, 4) is 0 Å². The molecule has 4 nitrogen and oxygen atoms in total. The topological polar surface area (TPSA) is 50.3 Å². The second kappa shape index (κ2) is 4.32. The van der Waals surface area contributed by atoms with Crippen molar-refractivity contribution in [3.63, 3.8) is 0 Å². The number of imide groups is 1. The SMILES string of the molecule is CCSC1CC(=O)N(c2nccs2)C1=O. The average molecular weight is 242 g/mol. The highest BCUT2D eigenvalue weighted by atomic mass is 32.2. The lowest BCUT2D eigenvalue weighted by atomic mass is 10.4. The van der Waals surface area contributed by atoms with E-state index in [1.165, 1.54) is 28.0 Å². The fraction of sp³-hybridized carbons (Fsp3) is 0.444. The van der Waals surface area contributed by atoms with Gasteiger partial charge in [-0.3, -0.25) is 9.59 Å². The predicted octanol–water partition coefficient (Wildman–Crippen LogP) is 1.53. The van der Waals surface area contributed by atoms with E-state index in [-0.39, 0.29) is 17.1 Å². The van der Waals surface area contributed by atoms with Crippen molar-refractivity contribution in [2.75, 3.05) is 10.7 Å². The van der Waals surface area contributed by atoms with Crippen LogP contribution < -0.4 is 4.90 Å². The van der Waals surface area contributed by atoms with Crippen LogP contribution in [0.2, 0.25) is 0 Å². The number of thioether (sulfide) groups is 1. The Bertz CT molecular complexity index is 377. The number of thiazole rings is 1. The van der Waals surface area contributed by atoms with E-state index in [1.807, 2.05) is 6.92 Å². The molecule has 0 aliphatic carbocycles. The van der Waals surface area contributed by atoms with Crippen molar-refractivity contribution < 1.29 is 9.59 Å². The van der Waals surface area contributed by atoms with Gasteiger partial charge in [0, 0.05) is 18.0 Å². The summed E-state index contributed by atoms with van der Waals surface area (Å²) in [4.78, 5) is 28.7. The second-order valence-electron chi connectivity index (χ2n) is 3.03. The maximum absolute atomic E-state index is 11.9. The average Bonchev–Trinajstić information content (AvgIpc) is 2.77. The van der Waals surface area contributed by atoms with Gasteiger partial charge in [0.15, 0.2) is 5.13 Å². The number of hydrogen-bond donors (Lipinski definition) is 0. The molecule has 1 aromatic rings. The van der Waals surface area contributed by atoms with Crippen molar-refractivity contribution in [2.24, 2.45) is 0 Å². The molecule has 80 valence electrons. The van der Waals surface area contributed by atoms with E-state index in [1.54, 1.807) is 11.6 Å². The smallest absolute Gasteiger partial charge is 0.249 e. The lowest BCUT2D eigenvalue weighted by Crippen LogP contribution is -2.30. The van der Waals surface area contributed by atoms with Gasteiger partial charge in [-0.05, 0) is 5.75 Å². The van der Waals surface area contributed by atoms with E-state index in [4.69, 9.17) is 0 Å². The highest BCUT2D eigenvalue weighted by Gasteiger charge is 2.40. The van der Waals surface area contributed by atoms with Gasteiger partial charge in [0.1, 0.15) is 0 Å². The first-order chi connectivity index (χ1) is 7.24. The minimum atomic E-state index is -0.216. The van der Waals surface area contributed by atoms with Crippen molar-refractivity contribution in [2.45, 2.75) is 18.6 Å². The molecule has 1 aromatic heterocycles. The summed E-state index contributed by atoms with van der Waals surface area (Å²) in [7, 11) is 0. The first-order valence-electron chi connectivity index (χ1n) is 4.62. The summed E-state index contributed by atoms with van der Waals surface area (Å²) in [6.07, 6.45) is 1.90. The van der Waals surface area contributed by atoms with Crippen LogP contribution in [-0.2, 0) is 9.59 Å². The third-order valence-electron chi connectivity index (χ3n) is 2.08. The predicted molar refractivity (Wildman–Crippen MR) is 61.1 cm³/mol. The molecular formula is C9H10N2O2S2. The fourth-order valence-corrected chi connectivity index (χ4v) is 3.04. The molecule has 0 spiro atoms. The van der Waals surface area contributed by atoms with Gasteiger partial charge in [0.2, 0.25) is 11.8 Å². The van der Waals surface area contributed by atoms with Gasteiger partial charge in [-0.25, -0.2) is 9.88 Å². The molecule has 2 rings (SSSR count). The standard InChI is InChI=1S/C9H10N2O2S2/c1-2-14-6-5-7(12)11(8(6)13)9-10-3-4-15-9/h3-4,6H,2,5H2,1H3. The van der Waals surface area contributed by atoms with E-state index in [9.17, 15) is 9.59 Å². The maximum atomic E-state index is 11.9. The number of hydrogen-bond acceptors (Lipinski definition) is 5. The van der Waals surface area contributed by atoms with Gasteiger partial charge in [-0.15, -0.1) is 23.1 Å². The Kier molecular flexibility index (Phi) is 3.06. The van der Waals surface area contributed by atoms with Gasteiger partial charge in [-0.2, -0.15) is 0 Å². The molecule has 15 heavy (non-hydrogen) atoms. The number of aromatic nitrogens is 1. The number of carbonyl (C=O) groups excluding carboxylic acids is 2. The largest absolute Gasteiger partial charge is 0.274 e. The summed E-state index contributed by atoms with van der Waals surface area (Å²) < 4.78 is 0. The third-order valence-corrected chi connectivity index (χ3v) is 3.94. The van der Waals surface area contributed by atoms with Crippen LogP contribution in [0.15, 0.2) is 11.6 Å². The molecule has 2 amide bonds. The molecule has 1 fully saturated rings. The molecule has 1 aliphatic rings. The van der Waals surface area contributed by atoms with Crippen molar-refractivity contribution in [1.29, 1.82) is 0 Å². The molecule has 6 heteroatoms. The van der Waals surface area contributed by atoms with Crippen molar-refractivity contribution in [1.82, 2.24) is 4.98 Å². The monoisotopic (exact) mass is 242 g/mol. The molecule has 0 N–H and O–H groups in total. The molecular weight excluding hydrogens is 232 g/mol. The number of anilines is 1. The normalized spacial score (nSPS) is 21.4.